The first-order valence-corrected chi connectivity index (χ1v) is 8.84. The molecule has 0 saturated carbocycles. The molecule has 0 amide bonds. The van der Waals surface area contributed by atoms with Crippen LogP contribution in [0.15, 0.2) is 23.3 Å². The summed E-state index contributed by atoms with van der Waals surface area (Å²) in [5.74, 6) is 1.60. The van der Waals surface area contributed by atoms with E-state index in [9.17, 15) is 0 Å². The van der Waals surface area contributed by atoms with Crippen molar-refractivity contribution in [3.63, 3.8) is 0 Å². The van der Waals surface area contributed by atoms with Crippen molar-refractivity contribution >= 4 is 5.96 Å². The van der Waals surface area contributed by atoms with Crippen molar-refractivity contribution in [2.75, 3.05) is 40.3 Å². The van der Waals surface area contributed by atoms with Crippen molar-refractivity contribution in [1.82, 2.24) is 19.7 Å². The normalized spacial score (nSPS) is 18.0. The maximum atomic E-state index is 4.43. The smallest absolute Gasteiger partial charge is 0.193 e. The van der Waals surface area contributed by atoms with Crippen molar-refractivity contribution in [1.29, 1.82) is 0 Å². The van der Waals surface area contributed by atoms with Gasteiger partial charge in [0.15, 0.2) is 5.96 Å². The lowest BCUT2D eigenvalue weighted by Crippen LogP contribution is -2.43. The highest BCUT2D eigenvalue weighted by Crippen LogP contribution is 2.10. The number of piperidine rings is 1. The van der Waals surface area contributed by atoms with Crippen LogP contribution in [0, 0.1) is 5.92 Å². The SMILES string of the molecule is CN=C(NCC(C)CN1CCCCC1)N(C)Cc1cccn1C. The van der Waals surface area contributed by atoms with Crippen molar-refractivity contribution in [2.24, 2.45) is 18.0 Å². The molecule has 2 rings (SSSR count). The molecule has 0 radical (unpaired) electrons. The van der Waals surface area contributed by atoms with Gasteiger partial charge < -0.3 is 19.7 Å². The quantitative estimate of drug-likeness (QED) is 0.645. The van der Waals surface area contributed by atoms with Crippen molar-refractivity contribution in [3.8, 4) is 0 Å². The number of aryl methyl sites for hydroxylation is 1. The Balaban J connectivity index is 1.76. The zero-order valence-electron chi connectivity index (χ0n) is 15.3. The van der Waals surface area contributed by atoms with Gasteiger partial charge in [0.05, 0.1) is 6.54 Å². The van der Waals surface area contributed by atoms with Crippen molar-refractivity contribution in [2.45, 2.75) is 32.7 Å². The molecule has 5 nitrogen and oxygen atoms in total. The Labute approximate surface area is 141 Å². The fourth-order valence-corrected chi connectivity index (χ4v) is 3.28. The molecule has 1 unspecified atom stereocenters. The maximum Gasteiger partial charge on any atom is 0.193 e. The van der Waals surface area contributed by atoms with Crippen LogP contribution in [0.5, 0.6) is 0 Å². The minimum atomic E-state index is 0.633. The number of nitrogens with zero attached hydrogens (tertiary/aromatic N) is 4. The number of rotatable bonds is 6. The first kappa shape index (κ1) is 17.9. The average Bonchev–Trinajstić information content (AvgIpc) is 2.94. The van der Waals surface area contributed by atoms with Gasteiger partial charge in [0.1, 0.15) is 0 Å². The predicted octanol–water partition coefficient (Wildman–Crippen LogP) is 2.15. The molecule has 0 aromatic carbocycles. The van der Waals surface area contributed by atoms with Gasteiger partial charge in [0.25, 0.3) is 0 Å². The van der Waals surface area contributed by atoms with Gasteiger partial charge in [0, 0.05) is 46.1 Å². The molecule has 1 atom stereocenters. The lowest BCUT2D eigenvalue weighted by Gasteiger charge is -2.30. The van der Waals surface area contributed by atoms with Gasteiger partial charge in [-0.05, 0) is 44.0 Å². The van der Waals surface area contributed by atoms with Crippen molar-refractivity contribution < 1.29 is 0 Å². The maximum absolute atomic E-state index is 4.43. The van der Waals surface area contributed by atoms with Crippen molar-refractivity contribution in [3.05, 3.63) is 24.0 Å². The van der Waals surface area contributed by atoms with E-state index in [0.717, 1.165) is 19.0 Å². The molecular weight excluding hydrogens is 286 g/mol. The molecule has 0 bridgehead atoms. The Kier molecular flexibility index (Phi) is 6.96. The van der Waals surface area contributed by atoms with Crippen LogP contribution in [0.1, 0.15) is 31.9 Å². The van der Waals surface area contributed by atoms with Crippen LogP contribution in [0.4, 0.5) is 0 Å². The number of nitrogens with one attached hydrogen (secondary N) is 1. The molecular formula is C18H33N5. The van der Waals surface area contributed by atoms with E-state index >= 15 is 0 Å². The van der Waals surface area contributed by atoms with Crippen LogP contribution in [0.2, 0.25) is 0 Å². The highest BCUT2D eigenvalue weighted by atomic mass is 15.3. The van der Waals surface area contributed by atoms with E-state index in [1.165, 1.54) is 44.6 Å². The van der Waals surface area contributed by atoms with Crippen LogP contribution in [-0.4, -0.2) is 60.6 Å². The molecule has 1 saturated heterocycles. The molecule has 1 aliphatic heterocycles. The standard InChI is InChI=1S/C18H33N5/c1-16(14-23-11-6-5-7-12-23)13-20-18(19-2)22(4)15-17-9-8-10-21(17)3/h8-10,16H,5-7,11-15H2,1-4H3,(H,19,20). The van der Waals surface area contributed by atoms with E-state index in [1.807, 2.05) is 7.05 Å². The summed E-state index contributed by atoms with van der Waals surface area (Å²) < 4.78 is 2.16. The lowest BCUT2D eigenvalue weighted by molar-refractivity contribution is 0.200. The molecule has 1 aromatic heterocycles. The predicted molar refractivity (Wildman–Crippen MR) is 97.7 cm³/mol. The van der Waals surface area contributed by atoms with E-state index in [-0.39, 0.29) is 0 Å². The Morgan fingerprint density at radius 2 is 2.09 bits per heavy atom. The van der Waals surface area contributed by atoms with Gasteiger partial charge in [-0.2, -0.15) is 0 Å². The summed E-state index contributed by atoms with van der Waals surface area (Å²) >= 11 is 0. The number of guanidine groups is 1. The lowest BCUT2D eigenvalue weighted by atomic mass is 10.1. The summed E-state index contributed by atoms with van der Waals surface area (Å²) in [7, 11) is 6.04. The summed E-state index contributed by atoms with van der Waals surface area (Å²) in [5.41, 5.74) is 1.29. The second-order valence-corrected chi connectivity index (χ2v) is 6.86. The van der Waals surface area contributed by atoms with Gasteiger partial charge in [-0.3, -0.25) is 4.99 Å². The van der Waals surface area contributed by atoms with Gasteiger partial charge >= 0.3 is 0 Å². The highest BCUT2D eigenvalue weighted by Gasteiger charge is 2.14. The average molecular weight is 319 g/mol. The molecule has 5 heteroatoms. The number of aliphatic imine (C=N–C) groups is 1. The Bertz CT molecular complexity index is 487. The number of hydrogen-bond donors (Lipinski definition) is 1. The zero-order chi connectivity index (χ0) is 16.7. The Morgan fingerprint density at radius 1 is 1.35 bits per heavy atom. The fourth-order valence-electron chi connectivity index (χ4n) is 3.28. The number of hydrogen-bond acceptors (Lipinski definition) is 2. The highest BCUT2D eigenvalue weighted by molar-refractivity contribution is 5.79. The monoisotopic (exact) mass is 319 g/mol. The number of aromatic nitrogens is 1. The molecule has 2 heterocycles. The summed E-state index contributed by atoms with van der Waals surface area (Å²) in [4.78, 5) is 9.21. The summed E-state index contributed by atoms with van der Waals surface area (Å²) in [6.07, 6.45) is 6.21. The van der Waals surface area contributed by atoms with Crippen LogP contribution in [-0.2, 0) is 13.6 Å². The van der Waals surface area contributed by atoms with E-state index in [1.54, 1.807) is 0 Å². The molecule has 1 aliphatic rings. The van der Waals surface area contributed by atoms with E-state index < -0.39 is 0 Å². The van der Waals surface area contributed by atoms with Crippen LogP contribution >= 0.6 is 0 Å². The van der Waals surface area contributed by atoms with Crippen LogP contribution in [0.3, 0.4) is 0 Å². The van der Waals surface area contributed by atoms with E-state index in [2.05, 4.69) is 64.0 Å². The topological polar surface area (TPSA) is 35.8 Å². The molecule has 130 valence electrons. The Morgan fingerprint density at radius 3 is 2.70 bits per heavy atom. The van der Waals surface area contributed by atoms with Gasteiger partial charge in [-0.15, -0.1) is 0 Å². The Hall–Kier alpha value is -1.49. The number of likely N-dealkylation sites (tertiary alicyclic amines) is 1. The minimum Gasteiger partial charge on any atom is -0.356 e. The molecule has 23 heavy (non-hydrogen) atoms. The molecule has 1 aromatic rings. The van der Waals surface area contributed by atoms with Crippen LogP contribution < -0.4 is 5.32 Å². The largest absolute Gasteiger partial charge is 0.356 e. The summed E-state index contributed by atoms with van der Waals surface area (Å²) in [5, 5.41) is 3.53. The third-order valence-electron chi connectivity index (χ3n) is 4.65. The second kappa shape index (κ2) is 8.96. The van der Waals surface area contributed by atoms with Gasteiger partial charge in [-0.25, -0.2) is 0 Å². The first-order valence-electron chi connectivity index (χ1n) is 8.84. The second-order valence-electron chi connectivity index (χ2n) is 6.86. The first-order chi connectivity index (χ1) is 11.1. The van der Waals surface area contributed by atoms with E-state index in [0.29, 0.717) is 5.92 Å². The third kappa shape index (κ3) is 5.57. The molecule has 1 N–H and O–H groups in total. The molecule has 0 aliphatic carbocycles. The summed E-state index contributed by atoms with van der Waals surface area (Å²) in [6.45, 7) is 7.89. The fraction of sp³-hybridized carbons (Fsp3) is 0.722. The van der Waals surface area contributed by atoms with E-state index in [4.69, 9.17) is 0 Å². The zero-order valence-corrected chi connectivity index (χ0v) is 15.3. The van der Waals surface area contributed by atoms with Crippen LogP contribution in [0.25, 0.3) is 0 Å². The molecule has 1 fully saturated rings. The summed E-state index contributed by atoms with van der Waals surface area (Å²) in [6, 6.07) is 4.24. The molecule has 0 spiro atoms. The minimum absolute atomic E-state index is 0.633. The van der Waals surface area contributed by atoms with Gasteiger partial charge in [-0.1, -0.05) is 13.3 Å². The van der Waals surface area contributed by atoms with Gasteiger partial charge in [0.2, 0.25) is 0 Å². The third-order valence-corrected chi connectivity index (χ3v) is 4.65.